The van der Waals surface area contributed by atoms with Gasteiger partial charge in [0.05, 0.1) is 7.11 Å². The molecule has 0 spiro atoms. The summed E-state index contributed by atoms with van der Waals surface area (Å²) in [5, 5.41) is 0. The number of carbonyl (C=O) groups excluding carboxylic acids is 4. The topological polar surface area (TPSA) is 77.5 Å². The molecule has 0 N–H and O–H groups in total. The van der Waals surface area contributed by atoms with Crippen LogP contribution in [0.15, 0.2) is 36.4 Å². The van der Waals surface area contributed by atoms with E-state index in [0.29, 0.717) is 0 Å². The van der Waals surface area contributed by atoms with Crippen molar-refractivity contribution in [3.63, 3.8) is 0 Å². The fraction of sp³-hybridized carbons (Fsp3) is 0.368. The van der Waals surface area contributed by atoms with Crippen LogP contribution in [-0.4, -0.2) is 30.4 Å². The van der Waals surface area contributed by atoms with Crippen molar-refractivity contribution in [2.24, 2.45) is 17.3 Å². The van der Waals surface area contributed by atoms with Crippen molar-refractivity contribution in [2.75, 3.05) is 7.11 Å². The van der Waals surface area contributed by atoms with Gasteiger partial charge in [-0.2, -0.15) is 0 Å². The number of methoxy groups -OCH3 is 1. The van der Waals surface area contributed by atoms with Crippen LogP contribution in [0.2, 0.25) is 0 Å². The van der Waals surface area contributed by atoms with E-state index in [-0.39, 0.29) is 6.42 Å². The lowest BCUT2D eigenvalue weighted by molar-refractivity contribution is -0.161. The first kappa shape index (κ1) is 17.8. The Hall–Kier alpha value is -2.56. The zero-order valence-electron chi connectivity index (χ0n) is 13.9. The Balaban J connectivity index is 2.27. The molecule has 1 aliphatic rings. The second kappa shape index (κ2) is 6.91. The number of hydrogen-bond donors (Lipinski definition) is 0. The Labute approximate surface area is 140 Å². The van der Waals surface area contributed by atoms with Crippen molar-refractivity contribution >= 4 is 29.4 Å². The van der Waals surface area contributed by atoms with Gasteiger partial charge in [0.25, 0.3) is 0 Å². The minimum Gasteiger partial charge on any atom is -0.468 e. The van der Waals surface area contributed by atoms with E-state index < -0.39 is 40.6 Å². The molecule has 2 rings (SSSR count). The summed E-state index contributed by atoms with van der Waals surface area (Å²) < 4.78 is 4.69. The van der Waals surface area contributed by atoms with Crippen LogP contribution in [0.4, 0.5) is 0 Å². The summed E-state index contributed by atoms with van der Waals surface area (Å²) in [5.41, 5.74) is -0.0762. The molecule has 0 aromatic heterocycles. The molecule has 0 radical (unpaired) electrons. The number of carbonyl (C=O) groups is 4. The molecule has 1 aliphatic carbocycles. The Morgan fingerprint density at radius 3 is 2.38 bits per heavy atom. The fourth-order valence-corrected chi connectivity index (χ4v) is 3.05. The van der Waals surface area contributed by atoms with Crippen LogP contribution in [0.5, 0.6) is 0 Å². The molecule has 1 fully saturated rings. The lowest BCUT2D eigenvalue weighted by Gasteiger charge is -2.37. The van der Waals surface area contributed by atoms with Gasteiger partial charge < -0.3 is 4.74 Å². The van der Waals surface area contributed by atoms with Gasteiger partial charge in [0.2, 0.25) is 0 Å². The molecule has 0 amide bonds. The van der Waals surface area contributed by atoms with Gasteiger partial charge in [-0.05, 0) is 17.1 Å². The van der Waals surface area contributed by atoms with Gasteiger partial charge in [0.1, 0.15) is 11.8 Å². The van der Waals surface area contributed by atoms with E-state index in [4.69, 9.17) is 0 Å². The predicted octanol–water partition coefficient (Wildman–Crippen LogP) is 2.24. The molecule has 1 aromatic carbocycles. The maximum atomic E-state index is 12.6. The first-order valence-corrected chi connectivity index (χ1v) is 7.69. The number of ether oxygens (including phenoxy) is 1. The zero-order valence-corrected chi connectivity index (χ0v) is 13.9. The number of hydrogen-bond acceptors (Lipinski definition) is 5. The largest absolute Gasteiger partial charge is 0.468 e. The van der Waals surface area contributed by atoms with Gasteiger partial charge in [-0.25, -0.2) is 0 Å². The lowest BCUT2D eigenvalue weighted by Crippen LogP contribution is -2.51. The number of Topliss-reactive ketones (excluding diaryl/α,β-unsaturated/α-hetero) is 2. The second-order valence-electron chi connectivity index (χ2n) is 6.57. The van der Waals surface area contributed by atoms with Gasteiger partial charge in [0.15, 0.2) is 17.3 Å². The summed E-state index contributed by atoms with van der Waals surface area (Å²) in [6.07, 6.45) is 2.76. The summed E-state index contributed by atoms with van der Waals surface area (Å²) >= 11 is 0. The van der Waals surface area contributed by atoms with Crippen molar-refractivity contribution in [1.29, 1.82) is 0 Å². The standard InChI is InChI=1S/C19H20O5/c1-19(2)11-14(21)15(17(22)16(19)18(23)24-3)13(20)10-9-12-7-5-4-6-8-12/h4-10,15-16H,11H2,1-3H3/b10-9+/t15-,16+/m1/s1. The maximum absolute atomic E-state index is 12.6. The number of esters is 1. The average molecular weight is 328 g/mol. The van der Waals surface area contributed by atoms with Crippen LogP contribution < -0.4 is 0 Å². The smallest absolute Gasteiger partial charge is 0.316 e. The number of rotatable bonds is 4. The molecule has 1 saturated carbocycles. The van der Waals surface area contributed by atoms with E-state index in [1.165, 1.54) is 13.2 Å². The van der Waals surface area contributed by atoms with Gasteiger partial charge in [-0.1, -0.05) is 50.3 Å². The Morgan fingerprint density at radius 1 is 1.17 bits per heavy atom. The first-order chi connectivity index (χ1) is 11.3. The highest BCUT2D eigenvalue weighted by Crippen LogP contribution is 2.40. The Kier molecular flexibility index (Phi) is 5.12. The molecule has 5 nitrogen and oxygen atoms in total. The molecule has 126 valence electrons. The first-order valence-electron chi connectivity index (χ1n) is 7.69. The lowest BCUT2D eigenvalue weighted by atomic mass is 9.63. The number of benzene rings is 1. The second-order valence-corrected chi connectivity index (χ2v) is 6.57. The quantitative estimate of drug-likeness (QED) is 0.481. The molecule has 24 heavy (non-hydrogen) atoms. The molecule has 0 aliphatic heterocycles. The Morgan fingerprint density at radius 2 is 1.79 bits per heavy atom. The summed E-state index contributed by atoms with van der Waals surface area (Å²) in [7, 11) is 1.19. The van der Waals surface area contributed by atoms with Gasteiger partial charge in [0, 0.05) is 6.42 Å². The molecule has 1 aromatic rings. The van der Waals surface area contributed by atoms with Crippen molar-refractivity contribution < 1.29 is 23.9 Å². The highest BCUT2D eigenvalue weighted by molar-refractivity contribution is 6.27. The average Bonchev–Trinajstić information content (AvgIpc) is 2.52. The maximum Gasteiger partial charge on any atom is 0.316 e. The molecule has 5 heteroatoms. The third-order valence-electron chi connectivity index (χ3n) is 4.26. The van der Waals surface area contributed by atoms with E-state index in [0.717, 1.165) is 5.56 Å². The fourth-order valence-electron chi connectivity index (χ4n) is 3.05. The van der Waals surface area contributed by atoms with Gasteiger partial charge >= 0.3 is 5.97 Å². The van der Waals surface area contributed by atoms with Gasteiger partial charge in [-0.3, -0.25) is 19.2 Å². The van der Waals surface area contributed by atoms with Crippen LogP contribution in [0, 0.1) is 17.3 Å². The summed E-state index contributed by atoms with van der Waals surface area (Å²) in [5.74, 6) is -4.97. The van der Waals surface area contributed by atoms with Crippen molar-refractivity contribution in [1.82, 2.24) is 0 Å². The minimum absolute atomic E-state index is 0.0198. The van der Waals surface area contributed by atoms with Crippen LogP contribution in [0.3, 0.4) is 0 Å². The Bertz CT molecular complexity index is 700. The van der Waals surface area contributed by atoms with E-state index >= 15 is 0 Å². The SMILES string of the molecule is COC(=O)[C@@H]1C(=O)[C@H](C(=O)/C=C/c2ccccc2)C(=O)CC1(C)C. The van der Waals surface area contributed by atoms with Crippen molar-refractivity contribution in [3.05, 3.63) is 42.0 Å². The third kappa shape index (κ3) is 3.50. The van der Waals surface area contributed by atoms with Crippen LogP contribution in [-0.2, 0) is 23.9 Å². The van der Waals surface area contributed by atoms with Crippen molar-refractivity contribution in [2.45, 2.75) is 20.3 Å². The van der Waals surface area contributed by atoms with Crippen LogP contribution >= 0.6 is 0 Å². The number of allylic oxidation sites excluding steroid dienone is 1. The number of ketones is 3. The molecule has 0 unspecified atom stereocenters. The summed E-state index contributed by atoms with van der Waals surface area (Å²) in [6.45, 7) is 3.32. The molecular weight excluding hydrogens is 308 g/mol. The van der Waals surface area contributed by atoms with E-state index in [1.54, 1.807) is 32.1 Å². The van der Waals surface area contributed by atoms with E-state index in [2.05, 4.69) is 4.74 Å². The van der Waals surface area contributed by atoms with E-state index in [1.807, 2.05) is 18.2 Å². The molecule has 0 bridgehead atoms. The normalized spacial score (nSPS) is 23.3. The summed E-state index contributed by atoms with van der Waals surface area (Å²) in [4.78, 5) is 49.3. The summed E-state index contributed by atoms with van der Waals surface area (Å²) in [6, 6.07) is 9.08. The van der Waals surface area contributed by atoms with Crippen LogP contribution in [0.25, 0.3) is 6.08 Å². The molecule has 0 saturated heterocycles. The zero-order chi connectivity index (χ0) is 17.9. The molecule has 0 heterocycles. The van der Waals surface area contributed by atoms with Gasteiger partial charge in [-0.15, -0.1) is 0 Å². The van der Waals surface area contributed by atoms with Crippen LogP contribution in [0.1, 0.15) is 25.8 Å². The molecule has 2 atom stereocenters. The monoisotopic (exact) mass is 328 g/mol. The predicted molar refractivity (Wildman–Crippen MR) is 87.9 cm³/mol. The highest BCUT2D eigenvalue weighted by Gasteiger charge is 2.53. The van der Waals surface area contributed by atoms with Crippen molar-refractivity contribution in [3.8, 4) is 0 Å². The molecular formula is C19H20O5. The highest BCUT2D eigenvalue weighted by atomic mass is 16.5. The minimum atomic E-state index is -1.43. The third-order valence-corrected chi connectivity index (χ3v) is 4.26. The van der Waals surface area contributed by atoms with E-state index in [9.17, 15) is 19.2 Å².